The quantitative estimate of drug-likeness (QED) is 0.724. The van der Waals surface area contributed by atoms with Gasteiger partial charge in [-0.3, -0.25) is 15.6 Å². The molecule has 0 spiro atoms. The van der Waals surface area contributed by atoms with Crippen molar-refractivity contribution in [1.29, 1.82) is 0 Å². The highest BCUT2D eigenvalue weighted by Gasteiger charge is 2.35. The Balaban J connectivity index is 1.55. The fraction of sp³-hybridized carbons (Fsp3) is 0.611. The number of hydrogen-bond donors (Lipinski definition) is 3. The van der Waals surface area contributed by atoms with Crippen LogP contribution in [0.3, 0.4) is 0 Å². The lowest BCUT2D eigenvalue weighted by Gasteiger charge is -2.33. The molecule has 3 rings (SSSR count). The maximum Gasteiger partial charge on any atom is 0.226 e. The van der Waals surface area contributed by atoms with E-state index in [1.165, 1.54) is 0 Å². The molecule has 2 unspecified atom stereocenters. The molecule has 0 saturated carbocycles. The van der Waals surface area contributed by atoms with Gasteiger partial charge in [0.2, 0.25) is 5.91 Å². The Morgan fingerprint density at radius 3 is 3.00 bits per heavy atom. The second-order valence-corrected chi connectivity index (χ2v) is 6.46. The predicted molar refractivity (Wildman–Crippen MR) is 91.1 cm³/mol. The first-order valence-electron chi connectivity index (χ1n) is 8.80. The molecule has 0 bridgehead atoms. The molecule has 1 aromatic rings. The van der Waals surface area contributed by atoms with E-state index in [9.17, 15) is 4.79 Å². The van der Waals surface area contributed by atoms with Crippen LogP contribution in [0, 0.1) is 5.92 Å². The van der Waals surface area contributed by atoms with Crippen molar-refractivity contribution in [2.45, 2.75) is 44.6 Å². The lowest BCUT2D eigenvalue weighted by Crippen LogP contribution is -2.52. The van der Waals surface area contributed by atoms with E-state index in [4.69, 9.17) is 9.47 Å². The van der Waals surface area contributed by atoms with Crippen LogP contribution in [0.15, 0.2) is 30.3 Å². The van der Waals surface area contributed by atoms with Gasteiger partial charge in [0.15, 0.2) is 0 Å². The number of rotatable bonds is 6. The van der Waals surface area contributed by atoms with Crippen LogP contribution in [-0.4, -0.2) is 43.9 Å². The molecule has 1 amide bonds. The Morgan fingerprint density at radius 1 is 1.38 bits per heavy atom. The predicted octanol–water partition coefficient (Wildman–Crippen LogP) is 0.980. The lowest BCUT2D eigenvalue weighted by atomic mass is 9.97. The maximum atomic E-state index is 12.6. The van der Waals surface area contributed by atoms with Gasteiger partial charge in [-0.05, 0) is 18.4 Å². The summed E-state index contributed by atoms with van der Waals surface area (Å²) < 4.78 is 11.6. The van der Waals surface area contributed by atoms with E-state index in [0.717, 1.165) is 18.4 Å². The molecule has 2 aliphatic rings. The number of ether oxygens (including phenoxy) is 2. The third kappa shape index (κ3) is 4.33. The number of carbonyl (C=O) groups is 1. The smallest absolute Gasteiger partial charge is 0.226 e. The second-order valence-electron chi connectivity index (χ2n) is 6.46. The zero-order valence-corrected chi connectivity index (χ0v) is 14.2. The summed E-state index contributed by atoms with van der Waals surface area (Å²) >= 11 is 0. The van der Waals surface area contributed by atoms with Gasteiger partial charge >= 0.3 is 0 Å². The summed E-state index contributed by atoms with van der Waals surface area (Å²) in [6, 6.07) is 10.3. The Kier molecular flexibility index (Phi) is 6.20. The number of hydrazine groups is 1. The number of hydrogen-bond acceptors (Lipinski definition) is 5. The Bertz CT molecular complexity index is 526. The largest absolute Gasteiger partial charge is 0.379 e. The number of amides is 1. The van der Waals surface area contributed by atoms with Crippen LogP contribution in [0.5, 0.6) is 0 Å². The number of benzene rings is 1. The van der Waals surface area contributed by atoms with Crippen LogP contribution in [0.4, 0.5) is 0 Å². The Labute approximate surface area is 143 Å². The van der Waals surface area contributed by atoms with Gasteiger partial charge in [-0.2, -0.15) is 0 Å². The monoisotopic (exact) mass is 333 g/mol. The summed E-state index contributed by atoms with van der Waals surface area (Å²) in [4.78, 5) is 12.6. The molecule has 3 N–H and O–H groups in total. The van der Waals surface area contributed by atoms with Crippen LogP contribution in [0.2, 0.25) is 0 Å². The number of nitrogens with one attached hydrogen (secondary N) is 3. The van der Waals surface area contributed by atoms with E-state index >= 15 is 0 Å². The van der Waals surface area contributed by atoms with E-state index in [-0.39, 0.29) is 30.0 Å². The van der Waals surface area contributed by atoms with E-state index in [2.05, 4.69) is 23.1 Å². The zero-order valence-electron chi connectivity index (χ0n) is 14.2. The highest BCUT2D eigenvalue weighted by molar-refractivity contribution is 5.80. The van der Waals surface area contributed by atoms with E-state index in [1.807, 2.05) is 30.3 Å². The van der Waals surface area contributed by atoms with E-state index < -0.39 is 0 Å². The molecule has 6 nitrogen and oxygen atoms in total. The van der Waals surface area contributed by atoms with Crippen molar-refractivity contribution in [1.82, 2.24) is 16.2 Å². The summed E-state index contributed by atoms with van der Waals surface area (Å²) in [5.41, 5.74) is 7.38. The third-order valence-electron chi connectivity index (χ3n) is 4.81. The first kappa shape index (κ1) is 17.4. The van der Waals surface area contributed by atoms with Gasteiger partial charge in [-0.25, -0.2) is 0 Å². The minimum atomic E-state index is -0.106. The van der Waals surface area contributed by atoms with Crippen molar-refractivity contribution in [2.75, 3.05) is 19.8 Å². The molecule has 6 heteroatoms. The van der Waals surface area contributed by atoms with Crippen LogP contribution in [0.1, 0.15) is 25.3 Å². The molecule has 0 radical (unpaired) electrons. The standard InChI is InChI=1S/C18H27N3O3/c1-2-15-14(10-19-21-15)18(22)20-16-8-9-23-12-17(16)24-11-13-6-4-3-5-7-13/h3-7,14-17,19,21H,2,8-12H2,1H3,(H,20,22)/t14?,15?,16-,17-/m1/s1. The fourth-order valence-electron chi connectivity index (χ4n) is 3.31. The Morgan fingerprint density at radius 2 is 2.21 bits per heavy atom. The van der Waals surface area contributed by atoms with Crippen molar-refractivity contribution in [3.63, 3.8) is 0 Å². The summed E-state index contributed by atoms with van der Waals surface area (Å²) in [6.45, 7) is 4.48. The Hall–Kier alpha value is -1.47. The topological polar surface area (TPSA) is 71.6 Å². The fourth-order valence-corrected chi connectivity index (χ4v) is 3.31. The molecule has 4 atom stereocenters. The molecular weight excluding hydrogens is 306 g/mol. The zero-order chi connectivity index (χ0) is 16.8. The highest BCUT2D eigenvalue weighted by atomic mass is 16.5. The summed E-state index contributed by atoms with van der Waals surface area (Å²) in [6.07, 6.45) is 1.60. The van der Waals surface area contributed by atoms with Crippen molar-refractivity contribution >= 4 is 5.91 Å². The molecule has 2 saturated heterocycles. The summed E-state index contributed by atoms with van der Waals surface area (Å²) in [5, 5.41) is 3.19. The first-order chi connectivity index (χ1) is 11.8. The van der Waals surface area contributed by atoms with E-state index in [0.29, 0.717) is 26.4 Å². The van der Waals surface area contributed by atoms with Crippen molar-refractivity contribution in [3.05, 3.63) is 35.9 Å². The minimum Gasteiger partial charge on any atom is -0.379 e. The SMILES string of the molecule is CCC1NNCC1C(=O)N[C@@H]1CCOC[C@H]1OCc1ccccc1. The van der Waals surface area contributed by atoms with Crippen LogP contribution in [-0.2, 0) is 20.9 Å². The third-order valence-corrected chi connectivity index (χ3v) is 4.81. The average molecular weight is 333 g/mol. The molecule has 0 aromatic heterocycles. The summed E-state index contributed by atoms with van der Waals surface area (Å²) in [5.74, 6) is 0.0622. The highest BCUT2D eigenvalue weighted by Crippen LogP contribution is 2.17. The van der Waals surface area contributed by atoms with Gasteiger partial charge in [0.1, 0.15) is 6.10 Å². The molecular formula is C18H27N3O3. The molecule has 24 heavy (non-hydrogen) atoms. The molecule has 132 valence electrons. The summed E-state index contributed by atoms with van der Waals surface area (Å²) in [7, 11) is 0. The van der Waals surface area contributed by atoms with Gasteiger partial charge in [0.25, 0.3) is 0 Å². The average Bonchev–Trinajstić information content (AvgIpc) is 3.11. The van der Waals surface area contributed by atoms with Crippen molar-refractivity contribution < 1.29 is 14.3 Å². The second kappa shape index (κ2) is 8.58. The van der Waals surface area contributed by atoms with Gasteiger partial charge in [-0.15, -0.1) is 0 Å². The maximum absolute atomic E-state index is 12.6. The molecule has 1 aromatic carbocycles. The van der Waals surface area contributed by atoms with Crippen LogP contribution < -0.4 is 16.2 Å². The molecule has 2 aliphatic heterocycles. The van der Waals surface area contributed by atoms with Gasteiger partial charge < -0.3 is 14.8 Å². The van der Waals surface area contributed by atoms with Gasteiger partial charge in [-0.1, -0.05) is 37.3 Å². The van der Waals surface area contributed by atoms with Crippen molar-refractivity contribution in [2.24, 2.45) is 5.92 Å². The van der Waals surface area contributed by atoms with Crippen molar-refractivity contribution in [3.8, 4) is 0 Å². The van der Waals surface area contributed by atoms with Crippen LogP contribution >= 0.6 is 0 Å². The molecule has 0 aliphatic carbocycles. The molecule has 2 fully saturated rings. The van der Waals surface area contributed by atoms with Gasteiger partial charge in [0, 0.05) is 19.2 Å². The first-order valence-corrected chi connectivity index (χ1v) is 8.80. The van der Waals surface area contributed by atoms with Gasteiger partial charge in [0.05, 0.1) is 25.2 Å². The lowest BCUT2D eigenvalue weighted by molar-refractivity contribution is -0.130. The normalized spacial score (nSPS) is 30.2. The van der Waals surface area contributed by atoms with Crippen LogP contribution in [0.25, 0.3) is 0 Å². The number of carbonyl (C=O) groups excluding carboxylic acids is 1. The molecule has 2 heterocycles. The minimum absolute atomic E-state index is 0.00747. The van der Waals surface area contributed by atoms with E-state index in [1.54, 1.807) is 0 Å².